The Morgan fingerprint density at radius 2 is 1.66 bits per heavy atom. The number of anilines is 2. The van der Waals surface area contributed by atoms with E-state index in [9.17, 15) is 18.4 Å². The van der Waals surface area contributed by atoms with E-state index < -0.39 is 23.4 Å². The van der Waals surface area contributed by atoms with Crippen molar-refractivity contribution in [3.8, 4) is 5.75 Å². The average molecular weight is 434 g/mol. The van der Waals surface area contributed by atoms with Crippen molar-refractivity contribution < 1.29 is 23.1 Å². The first-order valence-electron chi connectivity index (χ1n) is 10.1. The summed E-state index contributed by atoms with van der Waals surface area (Å²) in [5, 5.41) is 2.99. The smallest absolute Gasteiger partial charge is 0.282 e. The number of amides is 2. The van der Waals surface area contributed by atoms with Gasteiger partial charge in [0.15, 0.2) is 0 Å². The van der Waals surface area contributed by atoms with Gasteiger partial charge in [0.25, 0.3) is 11.8 Å². The van der Waals surface area contributed by atoms with Gasteiger partial charge in [-0.05, 0) is 48.4 Å². The van der Waals surface area contributed by atoms with E-state index in [0.29, 0.717) is 23.6 Å². The van der Waals surface area contributed by atoms with Crippen LogP contribution in [-0.4, -0.2) is 18.4 Å². The molecule has 1 aliphatic rings. The van der Waals surface area contributed by atoms with Gasteiger partial charge in [-0.1, -0.05) is 37.3 Å². The Balaban J connectivity index is 1.78. The molecule has 0 atom stereocenters. The zero-order valence-corrected chi connectivity index (χ0v) is 17.3. The molecule has 0 fully saturated rings. The summed E-state index contributed by atoms with van der Waals surface area (Å²) < 4.78 is 33.5. The van der Waals surface area contributed by atoms with E-state index in [4.69, 9.17) is 4.74 Å². The lowest BCUT2D eigenvalue weighted by atomic mass is 10.0. The van der Waals surface area contributed by atoms with Crippen LogP contribution in [-0.2, 0) is 9.59 Å². The fraction of sp³-hybridized carbons (Fsp3) is 0.120. The van der Waals surface area contributed by atoms with Gasteiger partial charge >= 0.3 is 0 Å². The van der Waals surface area contributed by atoms with Crippen molar-refractivity contribution in [3.05, 3.63) is 95.7 Å². The van der Waals surface area contributed by atoms with E-state index >= 15 is 0 Å². The minimum absolute atomic E-state index is 0.0260. The number of nitrogens with one attached hydrogen (secondary N) is 1. The van der Waals surface area contributed by atoms with E-state index in [-0.39, 0.29) is 17.0 Å². The number of benzene rings is 3. The molecule has 0 aromatic heterocycles. The highest BCUT2D eigenvalue weighted by Gasteiger charge is 2.41. The van der Waals surface area contributed by atoms with Gasteiger partial charge in [-0.15, -0.1) is 0 Å². The van der Waals surface area contributed by atoms with Gasteiger partial charge in [-0.25, -0.2) is 13.7 Å². The number of carbonyl (C=O) groups is 2. The van der Waals surface area contributed by atoms with Crippen LogP contribution in [0.3, 0.4) is 0 Å². The molecule has 0 unspecified atom stereocenters. The zero-order valence-electron chi connectivity index (χ0n) is 17.3. The molecule has 4 rings (SSSR count). The van der Waals surface area contributed by atoms with Gasteiger partial charge in [0.2, 0.25) is 0 Å². The number of imide groups is 1. The molecule has 1 N–H and O–H groups in total. The molecule has 5 nitrogen and oxygen atoms in total. The van der Waals surface area contributed by atoms with Gasteiger partial charge in [0.1, 0.15) is 23.1 Å². The fourth-order valence-electron chi connectivity index (χ4n) is 3.41. The van der Waals surface area contributed by atoms with Crippen LogP contribution in [0.2, 0.25) is 0 Å². The molecule has 1 aliphatic heterocycles. The fourth-order valence-corrected chi connectivity index (χ4v) is 3.41. The maximum absolute atomic E-state index is 14.4. The number of hydrogen-bond donors (Lipinski definition) is 1. The lowest BCUT2D eigenvalue weighted by Gasteiger charge is -2.16. The Morgan fingerprint density at radius 1 is 0.906 bits per heavy atom. The van der Waals surface area contributed by atoms with Crippen LogP contribution in [0, 0.1) is 11.6 Å². The van der Waals surface area contributed by atoms with E-state index in [2.05, 4.69) is 5.32 Å². The second kappa shape index (κ2) is 9.01. The Labute approximate surface area is 183 Å². The lowest BCUT2D eigenvalue weighted by Crippen LogP contribution is -2.33. The number of halogens is 2. The third-order valence-electron chi connectivity index (χ3n) is 4.89. The Kier molecular flexibility index (Phi) is 5.98. The molecule has 0 radical (unpaired) electrons. The molecular weight excluding hydrogens is 414 g/mol. The molecule has 0 aliphatic carbocycles. The maximum atomic E-state index is 14.4. The van der Waals surface area contributed by atoms with Crippen LogP contribution in [0.4, 0.5) is 20.2 Å². The van der Waals surface area contributed by atoms with Crippen LogP contribution in [0.5, 0.6) is 5.75 Å². The second-order valence-corrected chi connectivity index (χ2v) is 7.16. The number of nitrogens with zero attached hydrogens (tertiary/aromatic N) is 1. The first kappa shape index (κ1) is 21.2. The van der Waals surface area contributed by atoms with Gasteiger partial charge < -0.3 is 10.1 Å². The predicted molar refractivity (Wildman–Crippen MR) is 118 cm³/mol. The third-order valence-corrected chi connectivity index (χ3v) is 4.89. The summed E-state index contributed by atoms with van der Waals surface area (Å²) >= 11 is 0. The van der Waals surface area contributed by atoms with Crippen molar-refractivity contribution in [2.24, 2.45) is 0 Å². The van der Waals surface area contributed by atoms with Crippen molar-refractivity contribution >= 4 is 28.8 Å². The van der Waals surface area contributed by atoms with Crippen molar-refractivity contribution in [2.45, 2.75) is 13.3 Å². The van der Waals surface area contributed by atoms with E-state index in [1.54, 1.807) is 24.3 Å². The SMILES string of the molecule is CCCOc1cccc(NC2=C(c3ccc(F)cc3)C(=O)N(c3ccccc3F)C2=O)c1. The summed E-state index contributed by atoms with van der Waals surface area (Å²) in [4.78, 5) is 27.4. The van der Waals surface area contributed by atoms with Gasteiger partial charge in [0, 0.05) is 11.8 Å². The summed E-state index contributed by atoms with van der Waals surface area (Å²) in [5.74, 6) is -1.99. The second-order valence-electron chi connectivity index (χ2n) is 7.16. The highest BCUT2D eigenvalue weighted by molar-refractivity contribution is 6.46. The van der Waals surface area contributed by atoms with Crippen molar-refractivity contribution in [1.82, 2.24) is 0 Å². The highest BCUT2D eigenvalue weighted by atomic mass is 19.1. The Morgan fingerprint density at radius 3 is 2.38 bits per heavy atom. The van der Waals surface area contributed by atoms with Crippen molar-refractivity contribution in [1.29, 1.82) is 0 Å². The summed E-state index contributed by atoms with van der Waals surface area (Å²) in [5.41, 5.74) is 0.698. The molecule has 3 aromatic carbocycles. The number of para-hydroxylation sites is 1. The number of carbonyl (C=O) groups excluding carboxylic acids is 2. The van der Waals surface area contributed by atoms with Crippen LogP contribution in [0.1, 0.15) is 18.9 Å². The normalized spacial score (nSPS) is 13.7. The standard InChI is InChI=1S/C25H20F2N2O3/c1-2-14-32-19-7-5-6-18(15-19)28-23-22(16-10-12-17(26)13-11-16)24(30)29(25(23)31)21-9-4-3-8-20(21)27/h3-13,15,28H,2,14H2,1H3. The molecule has 32 heavy (non-hydrogen) atoms. The van der Waals surface area contributed by atoms with Crippen LogP contribution in [0.25, 0.3) is 5.57 Å². The lowest BCUT2D eigenvalue weighted by molar-refractivity contribution is -0.120. The number of rotatable bonds is 7. The summed E-state index contributed by atoms with van der Waals surface area (Å²) in [6, 6.07) is 17.7. The zero-order chi connectivity index (χ0) is 22.7. The largest absolute Gasteiger partial charge is 0.494 e. The summed E-state index contributed by atoms with van der Waals surface area (Å²) in [7, 11) is 0. The molecule has 162 valence electrons. The molecule has 7 heteroatoms. The average Bonchev–Trinajstić information content (AvgIpc) is 3.03. The van der Waals surface area contributed by atoms with Crippen molar-refractivity contribution in [3.63, 3.8) is 0 Å². The molecule has 0 spiro atoms. The summed E-state index contributed by atoms with van der Waals surface area (Å²) in [6.07, 6.45) is 0.835. The maximum Gasteiger partial charge on any atom is 0.282 e. The first-order chi connectivity index (χ1) is 15.5. The molecule has 2 amide bonds. The first-order valence-corrected chi connectivity index (χ1v) is 10.1. The van der Waals surface area contributed by atoms with Gasteiger partial charge in [-0.3, -0.25) is 9.59 Å². The number of hydrogen-bond acceptors (Lipinski definition) is 4. The molecule has 0 saturated heterocycles. The van der Waals surface area contributed by atoms with E-state index in [1.807, 2.05) is 6.92 Å². The predicted octanol–water partition coefficient (Wildman–Crippen LogP) is 5.15. The molecule has 0 bridgehead atoms. The quantitative estimate of drug-likeness (QED) is 0.523. The Bertz CT molecular complexity index is 1210. The minimum Gasteiger partial charge on any atom is -0.494 e. The monoisotopic (exact) mass is 434 g/mol. The van der Waals surface area contributed by atoms with Crippen LogP contribution < -0.4 is 15.0 Å². The Hall–Kier alpha value is -4.00. The van der Waals surface area contributed by atoms with E-state index in [0.717, 1.165) is 11.3 Å². The van der Waals surface area contributed by atoms with E-state index in [1.165, 1.54) is 48.5 Å². The van der Waals surface area contributed by atoms with Gasteiger partial charge in [0.05, 0.1) is 17.9 Å². The molecule has 0 saturated carbocycles. The minimum atomic E-state index is -0.709. The number of ether oxygens (including phenoxy) is 1. The topological polar surface area (TPSA) is 58.6 Å². The van der Waals surface area contributed by atoms with Crippen LogP contribution >= 0.6 is 0 Å². The van der Waals surface area contributed by atoms with Gasteiger partial charge in [-0.2, -0.15) is 0 Å². The van der Waals surface area contributed by atoms with Crippen LogP contribution in [0.15, 0.2) is 78.5 Å². The highest BCUT2D eigenvalue weighted by Crippen LogP contribution is 2.35. The molecular formula is C25H20F2N2O3. The van der Waals surface area contributed by atoms with Crippen molar-refractivity contribution in [2.75, 3.05) is 16.8 Å². The molecule has 3 aromatic rings. The molecule has 1 heterocycles. The summed E-state index contributed by atoms with van der Waals surface area (Å²) in [6.45, 7) is 2.52. The third kappa shape index (κ3) is 4.09.